The summed E-state index contributed by atoms with van der Waals surface area (Å²) in [6.07, 6.45) is 25.7. The van der Waals surface area contributed by atoms with Gasteiger partial charge in [-0.2, -0.15) is 0 Å². The van der Waals surface area contributed by atoms with Crippen molar-refractivity contribution in [1.82, 2.24) is 0 Å². The highest BCUT2D eigenvalue weighted by atomic mass is 31.1. The van der Waals surface area contributed by atoms with Crippen LogP contribution in [0.5, 0.6) is 0 Å². The predicted octanol–water partition coefficient (Wildman–Crippen LogP) is 9.99. The fourth-order valence-electron chi connectivity index (χ4n) is 4.13. The zero-order valence-corrected chi connectivity index (χ0v) is 25.5. The first-order valence-corrected chi connectivity index (χ1v) is 16.3. The van der Waals surface area contributed by atoms with Gasteiger partial charge in [-0.05, 0) is 40.0 Å². The minimum Gasteiger partial charge on any atom is -0.461 e. The van der Waals surface area contributed by atoms with E-state index < -0.39 is 0 Å². The van der Waals surface area contributed by atoms with Crippen molar-refractivity contribution in [3.8, 4) is 0 Å². The van der Waals surface area contributed by atoms with Crippen LogP contribution in [-0.4, -0.2) is 44.3 Å². The SMILES string of the molecule is CCOC(=O)POCCCCCCCCCCCCCCCCCCCCOC(C)COC(C)CC. The van der Waals surface area contributed by atoms with Crippen molar-refractivity contribution < 1.29 is 23.5 Å². The first kappa shape index (κ1) is 35.8. The molecule has 6 heteroatoms. The normalized spacial score (nSPS) is 13.4. The molecule has 5 nitrogen and oxygen atoms in total. The molecule has 0 rings (SSSR count). The first-order chi connectivity index (χ1) is 17.6. The summed E-state index contributed by atoms with van der Waals surface area (Å²) in [5.41, 5.74) is -0.227. The summed E-state index contributed by atoms with van der Waals surface area (Å²) in [6.45, 7) is 10.9. The summed E-state index contributed by atoms with van der Waals surface area (Å²) in [5.74, 6) is 0. The molecule has 0 bridgehead atoms. The molecule has 36 heavy (non-hydrogen) atoms. The lowest BCUT2D eigenvalue weighted by Crippen LogP contribution is -2.20. The molecule has 0 aliphatic carbocycles. The van der Waals surface area contributed by atoms with Gasteiger partial charge in [0.25, 0.3) is 0 Å². The molecule has 0 aliphatic heterocycles. The van der Waals surface area contributed by atoms with E-state index in [-0.39, 0.29) is 20.6 Å². The van der Waals surface area contributed by atoms with Crippen LogP contribution in [0.25, 0.3) is 0 Å². The van der Waals surface area contributed by atoms with Crippen LogP contribution in [0.2, 0.25) is 0 Å². The van der Waals surface area contributed by atoms with Crippen molar-refractivity contribution in [1.29, 1.82) is 0 Å². The van der Waals surface area contributed by atoms with Gasteiger partial charge in [-0.15, -0.1) is 0 Å². The standard InChI is InChI=1S/C30H61O5P/c1-5-28(3)34-27-29(4)33-25-23-21-19-17-15-13-11-9-7-8-10-12-14-16-18-20-22-24-26-35-36-30(31)32-6-2/h28-29,36H,5-27H2,1-4H3. The molecule has 0 heterocycles. The average Bonchev–Trinajstić information content (AvgIpc) is 2.87. The van der Waals surface area contributed by atoms with Gasteiger partial charge in [0.15, 0.2) is 0 Å². The van der Waals surface area contributed by atoms with Crippen molar-refractivity contribution in [2.24, 2.45) is 0 Å². The lowest BCUT2D eigenvalue weighted by atomic mass is 10.0. The molecule has 0 amide bonds. The van der Waals surface area contributed by atoms with E-state index in [4.69, 9.17) is 18.7 Å². The average molecular weight is 533 g/mol. The molecule has 0 radical (unpaired) electrons. The highest BCUT2D eigenvalue weighted by molar-refractivity contribution is 7.52. The Bertz CT molecular complexity index is 449. The Morgan fingerprint density at radius 3 is 1.42 bits per heavy atom. The Labute approximate surface area is 226 Å². The number of rotatable bonds is 29. The number of carbonyl (C=O) groups excluding carboxylic acids is 1. The van der Waals surface area contributed by atoms with Crippen molar-refractivity contribution in [2.75, 3.05) is 26.4 Å². The summed E-state index contributed by atoms with van der Waals surface area (Å²) in [5, 5.41) is 0. The highest BCUT2D eigenvalue weighted by Gasteiger charge is 2.05. The molecule has 216 valence electrons. The molecular weight excluding hydrogens is 471 g/mol. The molecule has 0 spiro atoms. The zero-order valence-electron chi connectivity index (χ0n) is 24.5. The van der Waals surface area contributed by atoms with E-state index in [1.807, 2.05) is 6.92 Å². The number of hydrogen-bond donors (Lipinski definition) is 0. The molecule has 0 saturated carbocycles. The summed E-state index contributed by atoms with van der Waals surface area (Å²) >= 11 is 0. The van der Waals surface area contributed by atoms with Gasteiger partial charge in [-0.1, -0.05) is 110 Å². The summed E-state index contributed by atoms with van der Waals surface area (Å²) in [7, 11) is -0.146. The van der Waals surface area contributed by atoms with Crippen LogP contribution in [0.4, 0.5) is 4.79 Å². The molecule has 0 saturated heterocycles. The van der Waals surface area contributed by atoms with Crippen LogP contribution in [0.15, 0.2) is 0 Å². The third-order valence-electron chi connectivity index (χ3n) is 6.66. The fourth-order valence-corrected chi connectivity index (χ4v) is 4.69. The van der Waals surface area contributed by atoms with Crippen LogP contribution in [0, 0.1) is 0 Å². The van der Waals surface area contributed by atoms with Gasteiger partial charge < -0.3 is 18.7 Å². The summed E-state index contributed by atoms with van der Waals surface area (Å²) in [6, 6.07) is 0. The second-order valence-corrected chi connectivity index (χ2v) is 11.2. The van der Waals surface area contributed by atoms with E-state index in [2.05, 4.69) is 20.8 Å². The number of hydrogen-bond acceptors (Lipinski definition) is 5. The van der Waals surface area contributed by atoms with E-state index in [0.717, 1.165) is 19.4 Å². The van der Waals surface area contributed by atoms with Crippen LogP contribution >= 0.6 is 8.81 Å². The minimum atomic E-state index is -0.227. The maximum absolute atomic E-state index is 11.2. The Morgan fingerprint density at radius 2 is 1.00 bits per heavy atom. The molecule has 3 atom stereocenters. The van der Waals surface area contributed by atoms with Crippen molar-refractivity contribution in [3.05, 3.63) is 0 Å². The Kier molecular flexibility index (Phi) is 29.2. The molecular formula is C30H61O5P. The van der Waals surface area contributed by atoms with E-state index >= 15 is 0 Å². The molecule has 3 unspecified atom stereocenters. The van der Waals surface area contributed by atoms with Crippen LogP contribution < -0.4 is 0 Å². The highest BCUT2D eigenvalue weighted by Crippen LogP contribution is 2.17. The second kappa shape index (κ2) is 29.3. The molecule has 0 N–H and O–H groups in total. The van der Waals surface area contributed by atoms with Crippen LogP contribution in [0.1, 0.15) is 150 Å². The van der Waals surface area contributed by atoms with E-state index in [9.17, 15) is 4.79 Å². The lowest BCUT2D eigenvalue weighted by molar-refractivity contribution is -0.0329. The Hall–Kier alpha value is -0.220. The van der Waals surface area contributed by atoms with Gasteiger partial charge in [0.2, 0.25) is 0 Å². The topological polar surface area (TPSA) is 54.0 Å². The maximum atomic E-state index is 11.2. The van der Waals surface area contributed by atoms with Crippen molar-refractivity contribution >= 4 is 14.5 Å². The summed E-state index contributed by atoms with van der Waals surface area (Å²) in [4.78, 5) is 11.2. The molecule has 0 aromatic heterocycles. The van der Waals surface area contributed by atoms with Crippen molar-refractivity contribution in [2.45, 2.75) is 162 Å². The van der Waals surface area contributed by atoms with Gasteiger partial charge in [0.1, 0.15) is 8.81 Å². The smallest absolute Gasteiger partial charge is 0.351 e. The van der Waals surface area contributed by atoms with Crippen LogP contribution in [0.3, 0.4) is 0 Å². The molecule has 0 aliphatic rings. The molecule has 0 aromatic carbocycles. The van der Waals surface area contributed by atoms with Crippen LogP contribution in [-0.2, 0) is 18.7 Å². The largest absolute Gasteiger partial charge is 0.461 e. The number of carbonyl (C=O) groups is 1. The van der Waals surface area contributed by atoms with Gasteiger partial charge in [-0.3, -0.25) is 0 Å². The second-order valence-electron chi connectivity index (χ2n) is 10.3. The monoisotopic (exact) mass is 532 g/mol. The summed E-state index contributed by atoms with van der Waals surface area (Å²) < 4.78 is 21.8. The Morgan fingerprint density at radius 1 is 0.583 bits per heavy atom. The molecule has 0 aromatic rings. The van der Waals surface area contributed by atoms with Gasteiger partial charge >= 0.3 is 5.71 Å². The third-order valence-corrected chi connectivity index (χ3v) is 7.32. The number of ether oxygens (including phenoxy) is 3. The predicted molar refractivity (Wildman–Crippen MR) is 156 cm³/mol. The number of unbranched alkanes of at least 4 members (excludes halogenated alkanes) is 17. The van der Waals surface area contributed by atoms with Crippen molar-refractivity contribution in [3.63, 3.8) is 0 Å². The molecule has 0 fully saturated rings. The third kappa shape index (κ3) is 28.4. The first-order valence-electron chi connectivity index (χ1n) is 15.4. The quantitative estimate of drug-likeness (QED) is 0.0708. The van der Waals surface area contributed by atoms with E-state index in [1.54, 1.807) is 0 Å². The lowest BCUT2D eigenvalue weighted by Gasteiger charge is -2.16. The van der Waals surface area contributed by atoms with Gasteiger partial charge in [-0.25, -0.2) is 4.79 Å². The fraction of sp³-hybridized carbons (Fsp3) is 0.967. The minimum absolute atomic E-state index is 0.146. The van der Waals surface area contributed by atoms with Gasteiger partial charge in [0, 0.05) is 6.61 Å². The zero-order chi connectivity index (χ0) is 26.5. The maximum Gasteiger partial charge on any atom is 0.351 e. The Balaban J connectivity index is 3.12. The van der Waals surface area contributed by atoms with Gasteiger partial charge in [0.05, 0.1) is 32.0 Å². The van der Waals surface area contributed by atoms with E-state index in [0.29, 0.717) is 25.9 Å². The van der Waals surface area contributed by atoms with E-state index in [1.165, 1.54) is 109 Å².